The molecule has 1 amide bonds. The van der Waals surface area contributed by atoms with E-state index >= 15 is 0 Å². The molecule has 0 atom stereocenters. The molecule has 0 saturated heterocycles. The van der Waals surface area contributed by atoms with E-state index in [1.165, 1.54) is 18.5 Å². The van der Waals surface area contributed by atoms with Gasteiger partial charge in [-0.2, -0.15) is 5.10 Å². The van der Waals surface area contributed by atoms with E-state index in [4.69, 9.17) is 16.7 Å². The first-order valence-corrected chi connectivity index (χ1v) is 9.11. The molecule has 1 aliphatic carbocycles. The molecule has 0 aliphatic heterocycles. The lowest BCUT2D eigenvalue weighted by Gasteiger charge is -2.09. The fourth-order valence-electron chi connectivity index (χ4n) is 3.00. The number of rotatable bonds is 6. The number of carbonyl (C=O) groups excluding carboxylic acids is 1. The topological polar surface area (TPSA) is 59.8 Å². The van der Waals surface area contributed by atoms with E-state index in [9.17, 15) is 4.79 Å². The van der Waals surface area contributed by atoms with E-state index < -0.39 is 0 Å². The van der Waals surface area contributed by atoms with Crippen LogP contribution in [0.3, 0.4) is 0 Å². The Morgan fingerprint density at radius 2 is 1.96 bits per heavy atom. The smallest absolute Gasteiger partial charge is 0.252 e. The van der Waals surface area contributed by atoms with Crippen molar-refractivity contribution in [3.8, 4) is 11.3 Å². The highest BCUT2D eigenvalue weighted by molar-refractivity contribution is 6.33. The standard InChI is InChI=1S/C20H19ClN4O/c21-17-4-2-1-3-16(17)20(26)23-11-12-25-19(15-5-6-15)13-18(24-25)14-7-9-22-10-8-14/h1-4,7-10,13,15H,5-6,11-12H2,(H,23,26). The molecule has 1 N–H and O–H groups in total. The van der Waals surface area contributed by atoms with Gasteiger partial charge < -0.3 is 5.32 Å². The minimum absolute atomic E-state index is 0.162. The van der Waals surface area contributed by atoms with Crippen LogP contribution in [0.2, 0.25) is 5.02 Å². The Labute approximate surface area is 157 Å². The lowest BCUT2D eigenvalue weighted by atomic mass is 10.2. The van der Waals surface area contributed by atoms with Crippen molar-refractivity contribution >= 4 is 17.5 Å². The zero-order valence-electron chi connectivity index (χ0n) is 14.2. The maximum Gasteiger partial charge on any atom is 0.252 e. The number of nitrogens with one attached hydrogen (secondary N) is 1. The molecule has 1 saturated carbocycles. The van der Waals surface area contributed by atoms with E-state index in [1.54, 1.807) is 30.6 Å². The van der Waals surface area contributed by atoms with E-state index in [2.05, 4.69) is 16.4 Å². The predicted molar refractivity (Wildman–Crippen MR) is 101 cm³/mol. The molecule has 1 aromatic carbocycles. The number of benzene rings is 1. The molecule has 0 bridgehead atoms. The average molecular weight is 367 g/mol. The summed E-state index contributed by atoms with van der Waals surface area (Å²) in [4.78, 5) is 16.3. The molecule has 3 aromatic rings. The van der Waals surface area contributed by atoms with Crippen LogP contribution in [0.1, 0.15) is 34.8 Å². The molecule has 2 heterocycles. The first-order valence-electron chi connectivity index (χ1n) is 8.73. The minimum Gasteiger partial charge on any atom is -0.350 e. The molecule has 0 spiro atoms. The van der Waals surface area contributed by atoms with Gasteiger partial charge in [0.15, 0.2) is 0 Å². The number of halogens is 1. The Kier molecular flexibility index (Phi) is 4.71. The van der Waals surface area contributed by atoms with Gasteiger partial charge in [-0.3, -0.25) is 14.5 Å². The van der Waals surface area contributed by atoms with Crippen LogP contribution in [0, 0.1) is 0 Å². The van der Waals surface area contributed by atoms with Gasteiger partial charge in [0, 0.05) is 36.1 Å². The SMILES string of the molecule is O=C(NCCn1nc(-c2ccncc2)cc1C1CC1)c1ccccc1Cl. The van der Waals surface area contributed by atoms with Crippen molar-refractivity contribution < 1.29 is 4.79 Å². The summed E-state index contributed by atoms with van der Waals surface area (Å²) in [6, 6.07) is 13.1. The molecule has 132 valence electrons. The van der Waals surface area contributed by atoms with Crippen LogP contribution >= 0.6 is 11.6 Å². The van der Waals surface area contributed by atoms with Crippen LogP contribution in [-0.4, -0.2) is 27.2 Å². The van der Waals surface area contributed by atoms with Gasteiger partial charge in [-0.25, -0.2) is 0 Å². The number of nitrogens with zero attached hydrogens (tertiary/aromatic N) is 3. The lowest BCUT2D eigenvalue weighted by Crippen LogP contribution is -2.28. The maximum atomic E-state index is 12.3. The fourth-order valence-corrected chi connectivity index (χ4v) is 3.22. The van der Waals surface area contributed by atoms with Crippen molar-refractivity contribution in [1.82, 2.24) is 20.1 Å². The lowest BCUT2D eigenvalue weighted by molar-refractivity contribution is 0.0952. The summed E-state index contributed by atoms with van der Waals surface area (Å²) < 4.78 is 2.01. The van der Waals surface area contributed by atoms with Crippen molar-refractivity contribution in [3.05, 3.63) is 71.1 Å². The van der Waals surface area contributed by atoms with Crippen molar-refractivity contribution in [2.75, 3.05) is 6.54 Å². The van der Waals surface area contributed by atoms with Crippen LogP contribution in [0.5, 0.6) is 0 Å². The summed E-state index contributed by atoms with van der Waals surface area (Å²) >= 11 is 6.08. The zero-order valence-corrected chi connectivity index (χ0v) is 15.0. The Morgan fingerprint density at radius 3 is 2.69 bits per heavy atom. The Hall–Kier alpha value is -2.66. The van der Waals surface area contributed by atoms with E-state index in [0.29, 0.717) is 29.6 Å². The summed E-state index contributed by atoms with van der Waals surface area (Å²) in [5.74, 6) is 0.419. The van der Waals surface area contributed by atoms with Gasteiger partial charge >= 0.3 is 0 Å². The number of hydrogen-bond donors (Lipinski definition) is 1. The molecule has 0 unspecified atom stereocenters. The van der Waals surface area contributed by atoms with Gasteiger partial charge in [0.1, 0.15) is 0 Å². The Balaban J connectivity index is 1.45. The highest BCUT2D eigenvalue weighted by atomic mass is 35.5. The molecule has 0 radical (unpaired) electrons. The largest absolute Gasteiger partial charge is 0.350 e. The molecule has 1 fully saturated rings. The number of hydrogen-bond acceptors (Lipinski definition) is 3. The van der Waals surface area contributed by atoms with E-state index in [0.717, 1.165) is 11.3 Å². The Bertz CT molecular complexity index is 919. The second-order valence-electron chi connectivity index (χ2n) is 6.42. The number of amides is 1. The van der Waals surface area contributed by atoms with Gasteiger partial charge in [-0.15, -0.1) is 0 Å². The van der Waals surface area contributed by atoms with Crippen LogP contribution in [0.25, 0.3) is 11.3 Å². The van der Waals surface area contributed by atoms with E-state index in [1.807, 2.05) is 22.9 Å². The van der Waals surface area contributed by atoms with Crippen LogP contribution in [0.15, 0.2) is 54.9 Å². The second kappa shape index (κ2) is 7.30. The van der Waals surface area contributed by atoms with Crippen molar-refractivity contribution in [1.29, 1.82) is 0 Å². The van der Waals surface area contributed by atoms with Gasteiger partial charge in [-0.1, -0.05) is 23.7 Å². The van der Waals surface area contributed by atoms with Crippen LogP contribution in [-0.2, 0) is 6.54 Å². The van der Waals surface area contributed by atoms with Crippen LogP contribution in [0.4, 0.5) is 0 Å². The minimum atomic E-state index is -0.162. The molecular weight excluding hydrogens is 348 g/mol. The summed E-state index contributed by atoms with van der Waals surface area (Å²) in [7, 11) is 0. The molecule has 26 heavy (non-hydrogen) atoms. The quantitative estimate of drug-likeness (QED) is 0.719. The summed E-state index contributed by atoms with van der Waals surface area (Å²) in [6.45, 7) is 1.13. The van der Waals surface area contributed by atoms with Crippen LogP contribution < -0.4 is 5.32 Å². The predicted octanol–water partition coefficient (Wildman–Crippen LogP) is 3.91. The third kappa shape index (κ3) is 3.63. The summed E-state index contributed by atoms with van der Waals surface area (Å²) in [5, 5.41) is 8.13. The number of aromatic nitrogens is 3. The molecular formula is C20H19ClN4O. The van der Waals surface area contributed by atoms with E-state index in [-0.39, 0.29) is 5.91 Å². The normalized spacial score (nSPS) is 13.6. The molecule has 2 aromatic heterocycles. The monoisotopic (exact) mass is 366 g/mol. The number of pyridine rings is 1. The molecule has 5 nitrogen and oxygen atoms in total. The third-order valence-electron chi connectivity index (χ3n) is 4.51. The van der Waals surface area contributed by atoms with Gasteiger partial charge in [0.05, 0.1) is 22.8 Å². The highest BCUT2D eigenvalue weighted by Gasteiger charge is 2.28. The third-order valence-corrected chi connectivity index (χ3v) is 4.84. The molecule has 1 aliphatic rings. The molecule has 4 rings (SSSR count). The Morgan fingerprint density at radius 1 is 1.19 bits per heavy atom. The van der Waals surface area contributed by atoms with Gasteiger partial charge in [0.25, 0.3) is 5.91 Å². The fraction of sp³-hybridized carbons (Fsp3) is 0.250. The highest BCUT2D eigenvalue weighted by Crippen LogP contribution is 2.41. The maximum absolute atomic E-state index is 12.3. The van der Waals surface area contributed by atoms with Crippen molar-refractivity contribution in [2.24, 2.45) is 0 Å². The van der Waals surface area contributed by atoms with Gasteiger partial charge in [0.2, 0.25) is 0 Å². The van der Waals surface area contributed by atoms with Crippen molar-refractivity contribution in [2.45, 2.75) is 25.3 Å². The first-order chi connectivity index (χ1) is 12.7. The number of carbonyl (C=O) groups is 1. The zero-order chi connectivity index (χ0) is 17.9. The average Bonchev–Trinajstić information content (AvgIpc) is 3.43. The molecule has 6 heteroatoms. The summed E-state index contributed by atoms with van der Waals surface area (Å²) in [5.41, 5.74) is 3.74. The first kappa shape index (κ1) is 16.8. The van der Waals surface area contributed by atoms with Gasteiger partial charge in [-0.05, 0) is 43.2 Å². The summed E-state index contributed by atoms with van der Waals surface area (Å²) in [6.07, 6.45) is 5.95. The van der Waals surface area contributed by atoms with Crippen molar-refractivity contribution in [3.63, 3.8) is 0 Å². The second-order valence-corrected chi connectivity index (χ2v) is 6.83.